The smallest absolute Gasteiger partial charge is 0.133 e. The van der Waals surface area contributed by atoms with Gasteiger partial charge >= 0.3 is 0 Å². The summed E-state index contributed by atoms with van der Waals surface area (Å²) in [4.78, 5) is 8.79. The van der Waals surface area contributed by atoms with Crippen molar-refractivity contribution >= 4 is 11.6 Å². The maximum Gasteiger partial charge on any atom is 0.133 e. The minimum Gasteiger partial charge on any atom is -0.384 e. The Morgan fingerprint density at radius 3 is 2.67 bits per heavy atom. The lowest BCUT2D eigenvalue weighted by Crippen LogP contribution is -2.26. The van der Waals surface area contributed by atoms with E-state index in [1.54, 1.807) is 0 Å². The molecule has 0 saturated heterocycles. The van der Waals surface area contributed by atoms with E-state index in [9.17, 15) is 0 Å². The van der Waals surface area contributed by atoms with Crippen LogP contribution in [0.3, 0.4) is 0 Å². The molecule has 0 aliphatic heterocycles. The van der Waals surface area contributed by atoms with Gasteiger partial charge < -0.3 is 11.1 Å². The summed E-state index contributed by atoms with van der Waals surface area (Å²) in [5.41, 5.74) is 5.83. The molecule has 0 bridgehead atoms. The van der Waals surface area contributed by atoms with Crippen LogP contribution < -0.4 is 11.1 Å². The van der Waals surface area contributed by atoms with E-state index in [2.05, 4.69) is 29.1 Å². The van der Waals surface area contributed by atoms with Crippen molar-refractivity contribution < 1.29 is 0 Å². The van der Waals surface area contributed by atoms with E-state index in [4.69, 9.17) is 5.73 Å². The van der Waals surface area contributed by atoms with Crippen LogP contribution in [0, 0.1) is 5.92 Å². The molecule has 1 fully saturated rings. The van der Waals surface area contributed by atoms with Crippen LogP contribution in [0.25, 0.3) is 0 Å². The van der Waals surface area contributed by atoms with Crippen molar-refractivity contribution in [2.75, 3.05) is 11.1 Å². The molecule has 1 aromatic rings. The molecular formula is C14H24N4. The van der Waals surface area contributed by atoms with E-state index in [1.165, 1.54) is 25.7 Å². The van der Waals surface area contributed by atoms with E-state index >= 15 is 0 Å². The fourth-order valence-corrected chi connectivity index (χ4v) is 2.54. The highest BCUT2D eigenvalue weighted by Crippen LogP contribution is 2.25. The van der Waals surface area contributed by atoms with Gasteiger partial charge in [0.05, 0.1) is 0 Å². The molecule has 100 valence electrons. The Morgan fingerprint density at radius 1 is 1.28 bits per heavy atom. The third kappa shape index (κ3) is 3.59. The summed E-state index contributed by atoms with van der Waals surface area (Å²) in [6.07, 6.45) is 7.01. The van der Waals surface area contributed by atoms with Crippen molar-refractivity contribution in [2.24, 2.45) is 5.92 Å². The number of aromatic nitrogens is 2. The first-order valence-electron chi connectivity index (χ1n) is 7.07. The molecule has 0 atom stereocenters. The zero-order valence-electron chi connectivity index (χ0n) is 11.4. The van der Waals surface area contributed by atoms with Crippen molar-refractivity contribution in [1.29, 1.82) is 0 Å². The van der Waals surface area contributed by atoms with Gasteiger partial charge in [0.1, 0.15) is 17.5 Å². The van der Waals surface area contributed by atoms with Crippen LogP contribution in [0.4, 0.5) is 11.6 Å². The summed E-state index contributed by atoms with van der Waals surface area (Å²) in [7, 11) is 0. The highest BCUT2D eigenvalue weighted by atomic mass is 15.1. The standard InChI is InChI=1S/C14H24N4/c1-3-4-13-17-12(15)9-14(18-13)16-11-7-5-10(2)6-8-11/h9-11H,3-8H2,1-2H3,(H3,15,16,17,18). The van der Waals surface area contributed by atoms with Crippen molar-refractivity contribution in [3.8, 4) is 0 Å². The SMILES string of the molecule is CCCc1nc(N)cc(NC2CCC(C)CC2)n1. The number of aryl methyl sites for hydroxylation is 1. The predicted molar refractivity (Wildman–Crippen MR) is 75.5 cm³/mol. The van der Waals surface area contributed by atoms with Crippen molar-refractivity contribution in [1.82, 2.24) is 9.97 Å². The molecule has 1 aliphatic rings. The largest absolute Gasteiger partial charge is 0.384 e. The average molecular weight is 248 g/mol. The van der Waals surface area contributed by atoms with Crippen LogP contribution in [-0.2, 0) is 6.42 Å². The molecule has 0 unspecified atom stereocenters. The van der Waals surface area contributed by atoms with Gasteiger partial charge in [-0.15, -0.1) is 0 Å². The number of anilines is 2. The number of nitrogens with zero attached hydrogens (tertiary/aromatic N) is 2. The Hall–Kier alpha value is -1.32. The molecule has 4 nitrogen and oxygen atoms in total. The molecule has 4 heteroatoms. The molecule has 0 spiro atoms. The quantitative estimate of drug-likeness (QED) is 0.859. The summed E-state index contributed by atoms with van der Waals surface area (Å²) >= 11 is 0. The molecule has 0 aromatic carbocycles. The van der Waals surface area contributed by atoms with Crippen molar-refractivity contribution in [3.05, 3.63) is 11.9 Å². The van der Waals surface area contributed by atoms with Gasteiger partial charge in [0, 0.05) is 18.5 Å². The lowest BCUT2D eigenvalue weighted by atomic mass is 9.87. The van der Waals surface area contributed by atoms with Crippen LogP contribution in [-0.4, -0.2) is 16.0 Å². The van der Waals surface area contributed by atoms with Gasteiger partial charge in [-0.05, 0) is 38.0 Å². The number of hydrogen-bond acceptors (Lipinski definition) is 4. The highest BCUT2D eigenvalue weighted by Gasteiger charge is 2.18. The number of nitrogen functional groups attached to an aromatic ring is 1. The van der Waals surface area contributed by atoms with Crippen LogP contribution in [0.1, 0.15) is 51.8 Å². The maximum absolute atomic E-state index is 5.83. The maximum atomic E-state index is 5.83. The fraction of sp³-hybridized carbons (Fsp3) is 0.714. The van der Waals surface area contributed by atoms with Crippen LogP contribution >= 0.6 is 0 Å². The Morgan fingerprint density at radius 2 is 2.00 bits per heavy atom. The second kappa shape index (κ2) is 6.03. The minimum absolute atomic E-state index is 0.546. The molecule has 1 heterocycles. The summed E-state index contributed by atoms with van der Waals surface area (Å²) in [5.74, 6) is 3.18. The second-order valence-corrected chi connectivity index (χ2v) is 5.45. The van der Waals surface area contributed by atoms with Gasteiger partial charge in [-0.1, -0.05) is 13.8 Å². The van der Waals surface area contributed by atoms with E-state index in [0.717, 1.165) is 30.4 Å². The summed E-state index contributed by atoms with van der Waals surface area (Å²) in [5, 5.41) is 3.51. The second-order valence-electron chi connectivity index (χ2n) is 5.45. The molecule has 1 aromatic heterocycles. The van der Waals surface area contributed by atoms with E-state index < -0.39 is 0 Å². The first-order valence-corrected chi connectivity index (χ1v) is 7.07. The zero-order chi connectivity index (χ0) is 13.0. The van der Waals surface area contributed by atoms with Crippen LogP contribution in [0.2, 0.25) is 0 Å². The van der Waals surface area contributed by atoms with E-state index in [0.29, 0.717) is 11.9 Å². The number of nitrogens with one attached hydrogen (secondary N) is 1. The molecule has 0 amide bonds. The number of rotatable bonds is 4. The van der Waals surface area contributed by atoms with Crippen molar-refractivity contribution in [3.63, 3.8) is 0 Å². The van der Waals surface area contributed by atoms with E-state index in [1.807, 2.05) is 6.07 Å². The third-order valence-electron chi connectivity index (χ3n) is 3.63. The van der Waals surface area contributed by atoms with Crippen LogP contribution in [0.15, 0.2) is 6.07 Å². The lowest BCUT2D eigenvalue weighted by Gasteiger charge is -2.27. The molecule has 0 radical (unpaired) electrons. The lowest BCUT2D eigenvalue weighted by molar-refractivity contribution is 0.360. The Bertz CT molecular complexity index is 383. The first-order chi connectivity index (χ1) is 8.67. The molecule has 2 rings (SSSR count). The summed E-state index contributed by atoms with van der Waals surface area (Å²) in [6.45, 7) is 4.46. The third-order valence-corrected chi connectivity index (χ3v) is 3.63. The van der Waals surface area contributed by atoms with Gasteiger partial charge in [-0.2, -0.15) is 0 Å². The zero-order valence-corrected chi connectivity index (χ0v) is 11.4. The van der Waals surface area contributed by atoms with Gasteiger partial charge in [-0.3, -0.25) is 0 Å². The summed E-state index contributed by atoms with van der Waals surface area (Å²) < 4.78 is 0. The topological polar surface area (TPSA) is 63.8 Å². The molecule has 18 heavy (non-hydrogen) atoms. The van der Waals surface area contributed by atoms with E-state index in [-0.39, 0.29) is 0 Å². The van der Waals surface area contributed by atoms with Crippen LogP contribution in [0.5, 0.6) is 0 Å². The highest BCUT2D eigenvalue weighted by molar-refractivity contribution is 5.45. The molecule has 1 saturated carbocycles. The van der Waals surface area contributed by atoms with Gasteiger partial charge in [-0.25, -0.2) is 9.97 Å². The summed E-state index contributed by atoms with van der Waals surface area (Å²) in [6, 6.07) is 2.39. The number of nitrogens with two attached hydrogens (primary N) is 1. The average Bonchev–Trinajstić information content (AvgIpc) is 2.32. The minimum atomic E-state index is 0.546. The van der Waals surface area contributed by atoms with Gasteiger partial charge in [0.2, 0.25) is 0 Å². The Balaban J connectivity index is 2.00. The Kier molecular flexibility index (Phi) is 4.39. The molecule has 3 N–H and O–H groups in total. The predicted octanol–water partition coefficient (Wildman–Crippen LogP) is 3.00. The molecular weight excluding hydrogens is 224 g/mol. The normalized spacial score (nSPS) is 23.9. The van der Waals surface area contributed by atoms with Gasteiger partial charge in [0.25, 0.3) is 0 Å². The number of hydrogen-bond donors (Lipinski definition) is 2. The van der Waals surface area contributed by atoms with Crippen molar-refractivity contribution in [2.45, 2.75) is 58.4 Å². The Labute approximate surface area is 109 Å². The first kappa shape index (κ1) is 13.1. The fourth-order valence-electron chi connectivity index (χ4n) is 2.54. The molecule has 1 aliphatic carbocycles. The monoisotopic (exact) mass is 248 g/mol. The van der Waals surface area contributed by atoms with Gasteiger partial charge in [0.15, 0.2) is 0 Å².